The van der Waals surface area contributed by atoms with Gasteiger partial charge in [0, 0.05) is 0 Å². The Morgan fingerprint density at radius 3 is 2.08 bits per heavy atom. The first-order valence-corrected chi connectivity index (χ1v) is 6.64. The molecule has 0 aliphatic carbocycles. The van der Waals surface area contributed by atoms with Gasteiger partial charge in [-0.1, -0.05) is 0 Å². The molecule has 1 aromatic rings. The molecule has 12 heavy (non-hydrogen) atoms. The van der Waals surface area contributed by atoms with Gasteiger partial charge in [-0.25, -0.2) is 0 Å². The van der Waals surface area contributed by atoms with E-state index in [1.54, 1.807) is 12.1 Å². The second kappa shape index (κ2) is 3.47. The molecule has 0 saturated heterocycles. The van der Waals surface area contributed by atoms with Crippen LogP contribution >= 0.6 is 0 Å². The summed E-state index contributed by atoms with van der Waals surface area (Å²) in [5.74, 6) is 0.641. The fraction of sp³-hybridized carbons (Fsp3) is 0.143. The summed E-state index contributed by atoms with van der Waals surface area (Å²) in [6.45, 7) is 0. The first-order valence-electron chi connectivity index (χ1n) is 3.14. The van der Waals surface area contributed by atoms with E-state index in [-0.39, 0.29) is 4.90 Å². The molecule has 0 N–H and O–H groups in total. The number of methoxy groups -OCH3 is 1. The van der Waals surface area contributed by atoms with E-state index in [1.807, 2.05) is 0 Å². The topological polar surface area (TPSA) is 43.4 Å². The van der Waals surface area contributed by atoms with E-state index in [9.17, 15) is 8.42 Å². The monoisotopic (exact) mass is 251 g/mol. The first kappa shape index (κ1) is 9.58. The van der Waals surface area contributed by atoms with Crippen LogP contribution in [0.4, 0.5) is 0 Å². The van der Waals surface area contributed by atoms with Crippen molar-refractivity contribution in [1.29, 1.82) is 0 Å². The second-order valence-corrected chi connectivity index (χ2v) is 6.27. The Morgan fingerprint density at radius 1 is 1.25 bits per heavy atom. The van der Waals surface area contributed by atoms with E-state index in [1.165, 1.54) is 19.2 Å². The van der Waals surface area contributed by atoms with E-state index in [0.29, 0.717) is 5.75 Å². The molecule has 1 rings (SSSR count). The minimum absolute atomic E-state index is 0.253. The Bertz CT molecular complexity index is 355. The summed E-state index contributed by atoms with van der Waals surface area (Å²) in [7, 11) is -1.68. The van der Waals surface area contributed by atoms with Crippen molar-refractivity contribution in [1.82, 2.24) is 0 Å². The number of hydrogen-bond acceptors (Lipinski definition) is 3. The fourth-order valence-corrected chi connectivity index (χ4v) is 1.91. The van der Waals surface area contributed by atoms with Gasteiger partial charge < -0.3 is 0 Å². The fourth-order valence-electron chi connectivity index (χ4n) is 0.742. The van der Waals surface area contributed by atoms with Crippen LogP contribution in [-0.4, -0.2) is 30.4 Å². The summed E-state index contributed by atoms with van der Waals surface area (Å²) in [6.07, 6.45) is 0. The average molecular weight is 250 g/mol. The van der Waals surface area contributed by atoms with E-state index in [2.05, 4.69) is 14.9 Å². The summed E-state index contributed by atoms with van der Waals surface area (Å²) in [4.78, 5) is 0.253. The summed E-state index contributed by atoms with van der Waals surface area (Å²) in [5.41, 5.74) is 0. The molecule has 0 aliphatic rings. The molecule has 5 heteroatoms. The van der Waals surface area contributed by atoms with Crippen molar-refractivity contribution in [3.05, 3.63) is 24.3 Å². The molecule has 65 valence electrons. The normalized spacial score (nSPS) is 11.2. The van der Waals surface area contributed by atoms with Crippen LogP contribution in [0.5, 0.6) is 5.75 Å². The molecular formula is C7H7O3SSe. The van der Waals surface area contributed by atoms with Crippen LogP contribution in [0.15, 0.2) is 29.2 Å². The summed E-state index contributed by atoms with van der Waals surface area (Å²) < 4.78 is 26.7. The van der Waals surface area contributed by atoms with Crippen molar-refractivity contribution in [2.75, 3.05) is 7.11 Å². The molecule has 0 spiro atoms. The van der Waals surface area contributed by atoms with Gasteiger partial charge in [-0.15, -0.1) is 0 Å². The van der Waals surface area contributed by atoms with Crippen LogP contribution in [0.25, 0.3) is 0 Å². The van der Waals surface area contributed by atoms with Crippen LogP contribution in [0.2, 0.25) is 0 Å². The van der Waals surface area contributed by atoms with E-state index < -0.39 is 8.26 Å². The Labute approximate surface area is 78.5 Å². The Morgan fingerprint density at radius 2 is 1.75 bits per heavy atom. The quantitative estimate of drug-likeness (QED) is 0.720. The van der Waals surface area contributed by atoms with Gasteiger partial charge in [-0.3, -0.25) is 0 Å². The van der Waals surface area contributed by atoms with Gasteiger partial charge in [0.1, 0.15) is 0 Å². The van der Waals surface area contributed by atoms with Crippen molar-refractivity contribution >= 4 is 23.1 Å². The third kappa shape index (κ3) is 2.24. The molecule has 0 amide bonds. The van der Waals surface area contributed by atoms with E-state index in [4.69, 9.17) is 4.74 Å². The van der Waals surface area contributed by atoms with Crippen molar-refractivity contribution in [2.45, 2.75) is 4.90 Å². The van der Waals surface area contributed by atoms with Crippen molar-refractivity contribution in [3.8, 4) is 5.75 Å². The Hall–Kier alpha value is -0.511. The predicted octanol–water partition coefficient (Wildman–Crippen LogP) is 0.552. The molecule has 0 aromatic heterocycles. The number of hydrogen-bond donors (Lipinski definition) is 0. The van der Waals surface area contributed by atoms with Gasteiger partial charge in [0.15, 0.2) is 0 Å². The van der Waals surface area contributed by atoms with Gasteiger partial charge in [0.05, 0.1) is 0 Å². The Balaban J connectivity index is 3.09. The SMILES string of the molecule is COc1ccc(S(=O)(=O)[Se])cc1. The number of benzene rings is 1. The molecule has 0 atom stereocenters. The van der Waals surface area contributed by atoms with Gasteiger partial charge in [0.2, 0.25) is 0 Å². The molecule has 1 radical (unpaired) electrons. The third-order valence-electron chi connectivity index (χ3n) is 1.35. The molecule has 0 aliphatic heterocycles. The van der Waals surface area contributed by atoms with Gasteiger partial charge >= 0.3 is 78.3 Å². The predicted molar refractivity (Wildman–Crippen MR) is 45.9 cm³/mol. The van der Waals surface area contributed by atoms with Gasteiger partial charge in [-0.05, 0) is 0 Å². The minimum atomic E-state index is -3.21. The summed E-state index contributed by atoms with van der Waals surface area (Å²) >= 11 is 2.10. The molecule has 0 heterocycles. The molecule has 0 saturated carbocycles. The maximum absolute atomic E-state index is 10.9. The van der Waals surface area contributed by atoms with Crippen molar-refractivity contribution in [3.63, 3.8) is 0 Å². The van der Waals surface area contributed by atoms with Crippen LogP contribution in [-0.2, 0) is 8.26 Å². The standard InChI is InChI=1S/C7H7O3SSe/c1-10-6-2-4-7(5-3-6)11(8,9)12/h2-5H,1H3. The van der Waals surface area contributed by atoms with E-state index >= 15 is 0 Å². The van der Waals surface area contributed by atoms with Crippen molar-refractivity contribution < 1.29 is 13.2 Å². The molecule has 0 bridgehead atoms. The van der Waals surface area contributed by atoms with E-state index in [0.717, 1.165) is 0 Å². The molecule has 1 aromatic carbocycles. The summed E-state index contributed by atoms with van der Waals surface area (Å²) in [6, 6.07) is 6.18. The van der Waals surface area contributed by atoms with Crippen molar-refractivity contribution in [2.24, 2.45) is 0 Å². The van der Waals surface area contributed by atoms with Crippen LogP contribution in [0, 0.1) is 0 Å². The molecular weight excluding hydrogens is 243 g/mol. The molecule has 3 nitrogen and oxygen atoms in total. The molecule has 0 unspecified atom stereocenters. The zero-order valence-electron chi connectivity index (χ0n) is 6.35. The zero-order chi connectivity index (χ0) is 9.19. The van der Waals surface area contributed by atoms with Gasteiger partial charge in [-0.2, -0.15) is 0 Å². The zero-order valence-corrected chi connectivity index (χ0v) is 8.88. The Kier molecular flexibility index (Phi) is 2.77. The van der Waals surface area contributed by atoms with Crippen LogP contribution < -0.4 is 4.74 Å². The van der Waals surface area contributed by atoms with Crippen LogP contribution in [0.3, 0.4) is 0 Å². The second-order valence-electron chi connectivity index (χ2n) is 2.13. The number of ether oxygens (including phenoxy) is 1. The number of rotatable bonds is 2. The summed E-state index contributed by atoms with van der Waals surface area (Å²) in [5, 5.41) is 0. The van der Waals surface area contributed by atoms with Gasteiger partial charge in [0.25, 0.3) is 0 Å². The molecule has 0 fully saturated rings. The first-order chi connectivity index (χ1) is 5.54. The maximum atomic E-state index is 10.9. The third-order valence-corrected chi connectivity index (χ3v) is 3.41. The van der Waals surface area contributed by atoms with Crippen LogP contribution in [0.1, 0.15) is 0 Å². The average Bonchev–Trinajstić information content (AvgIpc) is 2.03.